The Morgan fingerprint density at radius 3 is 2.69 bits per heavy atom. The van der Waals surface area contributed by atoms with Gasteiger partial charge in [0.05, 0.1) is 5.92 Å². The van der Waals surface area contributed by atoms with Crippen molar-refractivity contribution in [3.05, 3.63) is 34.3 Å². The second kappa shape index (κ2) is 5.00. The van der Waals surface area contributed by atoms with Crippen molar-refractivity contribution in [3.8, 4) is 0 Å². The Bertz CT molecular complexity index is 385. The van der Waals surface area contributed by atoms with E-state index in [0.29, 0.717) is 12.3 Å². The number of benzene rings is 1. The average molecular weight is 283 g/mol. The lowest BCUT2D eigenvalue weighted by Gasteiger charge is -2.12. The Morgan fingerprint density at radius 2 is 2.12 bits per heavy atom. The van der Waals surface area contributed by atoms with Crippen LogP contribution in [0.15, 0.2) is 28.7 Å². The second-order valence-corrected chi connectivity index (χ2v) is 5.36. The molecule has 0 saturated heterocycles. The number of aliphatic carboxylic acids is 1. The van der Waals surface area contributed by atoms with Gasteiger partial charge < -0.3 is 5.11 Å². The van der Waals surface area contributed by atoms with Crippen molar-refractivity contribution in [1.82, 2.24) is 0 Å². The first kappa shape index (κ1) is 11.6. The van der Waals surface area contributed by atoms with Crippen LogP contribution in [0, 0.1) is 11.8 Å². The first-order valence-corrected chi connectivity index (χ1v) is 6.42. The van der Waals surface area contributed by atoms with Gasteiger partial charge in [-0.2, -0.15) is 0 Å². The van der Waals surface area contributed by atoms with E-state index in [1.165, 1.54) is 12.8 Å². The van der Waals surface area contributed by atoms with Crippen LogP contribution < -0.4 is 0 Å². The van der Waals surface area contributed by atoms with Crippen LogP contribution >= 0.6 is 15.9 Å². The lowest BCUT2D eigenvalue weighted by atomic mass is 9.94. The number of halogens is 1. The molecule has 0 bridgehead atoms. The minimum atomic E-state index is -0.664. The number of hydrogen-bond donors (Lipinski definition) is 1. The van der Waals surface area contributed by atoms with E-state index >= 15 is 0 Å². The van der Waals surface area contributed by atoms with Gasteiger partial charge in [0.1, 0.15) is 0 Å². The highest BCUT2D eigenvalue weighted by atomic mass is 79.9. The standard InChI is InChI=1S/C13H15BrO2/c14-12-4-2-1-3-10(12)8-11(13(15)16)7-9-5-6-9/h1-4,9,11H,5-8H2,(H,15,16). The summed E-state index contributed by atoms with van der Waals surface area (Å²) in [6, 6.07) is 7.86. The minimum Gasteiger partial charge on any atom is -0.481 e. The third kappa shape index (κ3) is 3.08. The van der Waals surface area contributed by atoms with Crippen molar-refractivity contribution < 1.29 is 9.90 Å². The molecule has 1 aromatic rings. The number of carbonyl (C=O) groups is 1. The topological polar surface area (TPSA) is 37.3 Å². The van der Waals surface area contributed by atoms with E-state index in [9.17, 15) is 9.90 Å². The minimum absolute atomic E-state index is 0.230. The first-order chi connectivity index (χ1) is 7.66. The average Bonchev–Trinajstić information content (AvgIpc) is 3.04. The Kier molecular flexibility index (Phi) is 3.64. The SMILES string of the molecule is O=C(O)C(Cc1ccccc1Br)CC1CC1. The van der Waals surface area contributed by atoms with Crippen molar-refractivity contribution in [2.45, 2.75) is 25.7 Å². The van der Waals surface area contributed by atoms with Crippen LogP contribution in [-0.4, -0.2) is 11.1 Å². The molecule has 3 heteroatoms. The van der Waals surface area contributed by atoms with Crippen molar-refractivity contribution >= 4 is 21.9 Å². The van der Waals surface area contributed by atoms with E-state index < -0.39 is 5.97 Å². The maximum atomic E-state index is 11.2. The number of rotatable bonds is 5. The fourth-order valence-electron chi connectivity index (χ4n) is 1.96. The van der Waals surface area contributed by atoms with Gasteiger partial charge in [0, 0.05) is 4.47 Å². The molecule has 0 heterocycles. The van der Waals surface area contributed by atoms with Crippen molar-refractivity contribution in [3.63, 3.8) is 0 Å². The van der Waals surface area contributed by atoms with Gasteiger partial charge in [-0.3, -0.25) is 4.79 Å². The number of carboxylic acids is 1. The fraction of sp³-hybridized carbons (Fsp3) is 0.462. The highest BCUT2D eigenvalue weighted by Crippen LogP contribution is 2.36. The maximum absolute atomic E-state index is 11.2. The summed E-state index contributed by atoms with van der Waals surface area (Å²) in [5.74, 6) is -0.238. The van der Waals surface area contributed by atoms with Gasteiger partial charge in [0.15, 0.2) is 0 Å². The summed E-state index contributed by atoms with van der Waals surface area (Å²) in [5.41, 5.74) is 1.09. The summed E-state index contributed by atoms with van der Waals surface area (Å²) in [6.45, 7) is 0. The number of hydrogen-bond acceptors (Lipinski definition) is 1. The molecule has 1 aliphatic carbocycles. The fourth-order valence-corrected chi connectivity index (χ4v) is 2.40. The summed E-state index contributed by atoms with van der Waals surface area (Å²) >= 11 is 3.46. The molecule has 1 N–H and O–H groups in total. The van der Waals surface area contributed by atoms with Gasteiger partial charge >= 0.3 is 5.97 Å². The van der Waals surface area contributed by atoms with E-state index in [0.717, 1.165) is 16.5 Å². The van der Waals surface area contributed by atoms with Crippen LogP contribution in [0.3, 0.4) is 0 Å². The van der Waals surface area contributed by atoms with Gasteiger partial charge in [-0.15, -0.1) is 0 Å². The first-order valence-electron chi connectivity index (χ1n) is 5.63. The molecule has 0 radical (unpaired) electrons. The number of carboxylic acid groups (broad SMARTS) is 1. The van der Waals surface area contributed by atoms with Crippen LogP contribution in [0.2, 0.25) is 0 Å². The largest absolute Gasteiger partial charge is 0.481 e. The summed E-state index contributed by atoms with van der Waals surface area (Å²) in [5, 5.41) is 9.19. The molecule has 1 aromatic carbocycles. The third-order valence-corrected chi connectivity index (χ3v) is 3.86. The van der Waals surface area contributed by atoms with Crippen LogP contribution in [0.5, 0.6) is 0 Å². The van der Waals surface area contributed by atoms with Gasteiger partial charge in [-0.1, -0.05) is 47.0 Å². The van der Waals surface area contributed by atoms with Crippen molar-refractivity contribution in [2.75, 3.05) is 0 Å². The van der Waals surface area contributed by atoms with Gasteiger partial charge in [-0.05, 0) is 30.4 Å². The van der Waals surface area contributed by atoms with Gasteiger partial charge in [0.25, 0.3) is 0 Å². The molecule has 0 amide bonds. The van der Waals surface area contributed by atoms with E-state index in [4.69, 9.17) is 0 Å². The molecule has 0 aromatic heterocycles. The smallest absolute Gasteiger partial charge is 0.306 e. The highest BCUT2D eigenvalue weighted by Gasteiger charge is 2.29. The molecule has 0 spiro atoms. The Morgan fingerprint density at radius 1 is 1.44 bits per heavy atom. The van der Waals surface area contributed by atoms with Crippen LogP contribution in [0.25, 0.3) is 0 Å². The zero-order chi connectivity index (χ0) is 11.5. The summed E-state index contributed by atoms with van der Waals surface area (Å²) in [4.78, 5) is 11.2. The summed E-state index contributed by atoms with van der Waals surface area (Å²) in [7, 11) is 0. The molecule has 1 fully saturated rings. The molecule has 2 nitrogen and oxygen atoms in total. The Labute approximate surface area is 104 Å². The second-order valence-electron chi connectivity index (χ2n) is 4.51. The molecule has 86 valence electrons. The van der Waals surface area contributed by atoms with E-state index in [1.54, 1.807) is 0 Å². The molecule has 1 saturated carbocycles. The van der Waals surface area contributed by atoms with Gasteiger partial charge in [0.2, 0.25) is 0 Å². The lowest BCUT2D eigenvalue weighted by molar-refractivity contribution is -0.142. The Balaban J connectivity index is 2.04. The zero-order valence-electron chi connectivity index (χ0n) is 9.03. The van der Waals surface area contributed by atoms with Gasteiger partial charge in [-0.25, -0.2) is 0 Å². The van der Waals surface area contributed by atoms with Crippen molar-refractivity contribution in [1.29, 1.82) is 0 Å². The molecule has 1 atom stereocenters. The van der Waals surface area contributed by atoms with Crippen molar-refractivity contribution in [2.24, 2.45) is 11.8 Å². The summed E-state index contributed by atoms with van der Waals surface area (Å²) in [6.07, 6.45) is 3.88. The zero-order valence-corrected chi connectivity index (χ0v) is 10.6. The Hall–Kier alpha value is -0.830. The molecular weight excluding hydrogens is 268 g/mol. The molecule has 1 unspecified atom stereocenters. The highest BCUT2D eigenvalue weighted by molar-refractivity contribution is 9.10. The van der Waals surface area contributed by atoms with Crippen LogP contribution in [0.4, 0.5) is 0 Å². The molecule has 1 aliphatic rings. The monoisotopic (exact) mass is 282 g/mol. The van der Waals surface area contributed by atoms with Crippen LogP contribution in [0.1, 0.15) is 24.8 Å². The molecule has 0 aliphatic heterocycles. The normalized spacial score (nSPS) is 17.1. The summed E-state index contributed by atoms with van der Waals surface area (Å²) < 4.78 is 1.01. The predicted molar refractivity (Wildman–Crippen MR) is 66.3 cm³/mol. The molecule has 16 heavy (non-hydrogen) atoms. The predicted octanol–water partition coefficient (Wildman–Crippen LogP) is 3.49. The maximum Gasteiger partial charge on any atom is 0.306 e. The molecular formula is C13H15BrO2. The quantitative estimate of drug-likeness (QED) is 0.898. The molecule has 2 rings (SSSR count). The third-order valence-electron chi connectivity index (χ3n) is 3.09. The van der Waals surface area contributed by atoms with E-state index in [-0.39, 0.29) is 5.92 Å². The van der Waals surface area contributed by atoms with E-state index in [2.05, 4.69) is 15.9 Å². The van der Waals surface area contributed by atoms with E-state index in [1.807, 2.05) is 24.3 Å². The lowest BCUT2D eigenvalue weighted by Crippen LogP contribution is -2.17. The van der Waals surface area contributed by atoms with Crippen LogP contribution in [-0.2, 0) is 11.2 Å².